The monoisotopic (exact) mass is 200 g/mol. The zero-order valence-electron chi connectivity index (χ0n) is 7.09. The summed E-state index contributed by atoms with van der Waals surface area (Å²) in [6.07, 6.45) is 1.57. The lowest BCUT2D eigenvalue weighted by Gasteiger charge is -2.04. The molecule has 0 unspecified atom stereocenters. The molecule has 0 spiro atoms. The van der Waals surface area contributed by atoms with E-state index < -0.39 is 0 Å². The van der Waals surface area contributed by atoms with Crippen molar-refractivity contribution in [1.82, 2.24) is 0 Å². The molecule has 1 nitrogen and oxygen atoms in total. The molecule has 0 amide bonds. The number of rotatable bonds is 4. The van der Waals surface area contributed by atoms with E-state index in [0.717, 1.165) is 0 Å². The van der Waals surface area contributed by atoms with E-state index in [1.54, 1.807) is 12.1 Å². The van der Waals surface area contributed by atoms with E-state index in [0.29, 0.717) is 23.8 Å². The Balaban J connectivity index is 2.81. The standard InChI is InChI=1S/C10H10ClFO/c1-2-8-5-9(12)7-10(6-8)13-4-3-11/h2,5-7H,1,3-4H2. The fourth-order valence-corrected chi connectivity index (χ4v) is 1.02. The summed E-state index contributed by atoms with van der Waals surface area (Å²) < 4.78 is 18.0. The molecule has 0 fully saturated rings. The molecule has 0 bridgehead atoms. The van der Waals surface area contributed by atoms with Gasteiger partial charge in [-0.3, -0.25) is 0 Å². The second kappa shape index (κ2) is 4.87. The van der Waals surface area contributed by atoms with Crippen molar-refractivity contribution < 1.29 is 9.13 Å². The number of halogens is 2. The van der Waals surface area contributed by atoms with Gasteiger partial charge in [0.2, 0.25) is 0 Å². The molecule has 1 rings (SSSR count). The molecule has 0 saturated heterocycles. The predicted octanol–water partition coefficient (Wildman–Crippen LogP) is 3.09. The Hall–Kier alpha value is -1.02. The summed E-state index contributed by atoms with van der Waals surface area (Å²) in [5, 5.41) is 0. The molecular weight excluding hydrogens is 191 g/mol. The van der Waals surface area contributed by atoms with Gasteiger partial charge in [0, 0.05) is 6.07 Å². The lowest BCUT2D eigenvalue weighted by atomic mass is 10.2. The number of ether oxygens (including phenoxy) is 1. The van der Waals surface area contributed by atoms with Crippen molar-refractivity contribution >= 4 is 17.7 Å². The van der Waals surface area contributed by atoms with Crippen LogP contribution in [-0.2, 0) is 0 Å². The maximum Gasteiger partial charge on any atom is 0.127 e. The van der Waals surface area contributed by atoms with Gasteiger partial charge in [-0.1, -0.05) is 12.7 Å². The molecule has 70 valence electrons. The topological polar surface area (TPSA) is 9.23 Å². The first kappa shape index (κ1) is 10.1. The summed E-state index contributed by atoms with van der Waals surface area (Å²) in [6.45, 7) is 3.92. The third-order valence-electron chi connectivity index (χ3n) is 1.48. The fraction of sp³-hybridized carbons (Fsp3) is 0.200. The van der Waals surface area contributed by atoms with Crippen LogP contribution in [0.1, 0.15) is 5.56 Å². The van der Waals surface area contributed by atoms with Crippen molar-refractivity contribution in [3.8, 4) is 5.75 Å². The van der Waals surface area contributed by atoms with Crippen LogP contribution in [0.15, 0.2) is 24.8 Å². The molecule has 1 aromatic rings. The van der Waals surface area contributed by atoms with Crippen molar-refractivity contribution in [2.24, 2.45) is 0 Å². The molecule has 0 radical (unpaired) electrons. The summed E-state index contributed by atoms with van der Waals surface area (Å²) in [7, 11) is 0. The fourth-order valence-electron chi connectivity index (χ4n) is 0.942. The van der Waals surface area contributed by atoms with Crippen LogP contribution in [0.4, 0.5) is 4.39 Å². The van der Waals surface area contributed by atoms with E-state index in [1.807, 2.05) is 0 Å². The summed E-state index contributed by atoms with van der Waals surface area (Å²) in [6, 6.07) is 4.42. The lowest BCUT2D eigenvalue weighted by molar-refractivity contribution is 0.340. The first-order valence-electron chi connectivity index (χ1n) is 3.88. The Morgan fingerprint density at radius 1 is 1.46 bits per heavy atom. The Morgan fingerprint density at radius 2 is 2.23 bits per heavy atom. The minimum absolute atomic E-state index is 0.332. The Kier molecular flexibility index (Phi) is 3.77. The maximum absolute atomic E-state index is 12.9. The van der Waals surface area contributed by atoms with Gasteiger partial charge in [-0.25, -0.2) is 4.39 Å². The van der Waals surface area contributed by atoms with Crippen molar-refractivity contribution in [3.05, 3.63) is 36.2 Å². The lowest BCUT2D eigenvalue weighted by Crippen LogP contribution is -1.98. The quantitative estimate of drug-likeness (QED) is 0.679. The van der Waals surface area contributed by atoms with Gasteiger partial charge in [-0.2, -0.15) is 0 Å². The highest BCUT2D eigenvalue weighted by Gasteiger charge is 1.98. The molecule has 13 heavy (non-hydrogen) atoms. The summed E-state index contributed by atoms with van der Waals surface area (Å²) in [4.78, 5) is 0. The van der Waals surface area contributed by atoms with Gasteiger partial charge in [0.15, 0.2) is 0 Å². The van der Waals surface area contributed by atoms with Crippen molar-refractivity contribution in [3.63, 3.8) is 0 Å². The molecule has 0 N–H and O–H groups in total. The molecule has 0 heterocycles. The van der Waals surface area contributed by atoms with E-state index in [-0.39, 0.29) is 5.82 Å². The highest BCUT2D eigenvalue weighted by atomic mass is 35.5. The second-order valence-electron chi connectivity index (χ2n) is 2.46. The van der Waals surface area contributed by atoms with Crippen LogP contribution in [0.2, 0.25) is 0 Å². The van der Waals surface area contributed by atoms with Gasteiger partial charge in [0.25, 0.3) is 0 Å². The number of benzene rings is 1. The number of alkyl halides is 1. The molecule has 3 heteroatoms. The van der Waals surface area contributed by atoms with E-state index in [2.05, 4.69) is 6.58 Å². The largest absolute Gasteiger partial charge is 0.492 e. The molecule has 0 aliphatic rings. The normalized spacial score (nSPS) is 9.69. The van der Waals surface area contributed by atoms with Crippen LogP contribution >= 0.6 is 11.6 Å². The minimum Gasteiger partial charge on any atom is -0.492 e. The summed E-state index contributed by atoms with van der Waals surface area (Å²) in [5.41, 5.74) is 0.699. The average Bonchev–Trinajstić information content (AvgIpc) is 2.14. The van der Waals surface area contributed by atoms with Crippen LogP contribution in [-0.4, -0.2) is 12.5 Å². The zero-order chi connectivity index (χ0) is 9.68. The maximum atomic E-state index is 12.9. The third-order valence-corrected chi connectivity index (χ3v) is 1.63. The number of hydrogen-bond donors (Lipinski definition) is 0. The van der Waals surface area contributed by atoms with Crippen molar-refractivity contribution in [2.75, 3.05) is 12.5 Å². The summed E-state index contributed by atoms with van der Waals surface area (Å²) in [5.74, 6) is 0.539. The molecule has 0 aromatic heterocycles. The number of hydrogen-bond acceptors (Lipinski definition) is 1. The molecule has 0 atom stereocenters. The predicted molar refractivity (Wildman–Crippen MR) is 52.7 cm³/mol. The Bertz CT molecular complexity index is 299. The third kappa shape index (κ3) is 3.07. The SMILES string of the molecule is C=Cc1cc(F)cc(OCCCl)c1. The highest BCUT2D eigenvalue weighted by molar-refractivity contribution is 6.17. The van der Waals surface area contributed by atoms with Gasteiger partial charge in [0.05, 0.1) is 5.88 Å². The van der Waals surface area contributed by atoms with Gasteiger partial charge in [-0.05, 0) is 17.7 Å². The van der Waals surface area contributed by atoms with Gasteiger partial charge >= 0.3 is 0 Å². The van der Waals surface area contributed by atoms with Crippen LogP contribution in [0.5, 0.6) is 5.75 Å². The summed E-state index contributed by atoms with van der Waals surface area (Å²) >= 11 is 5.43. The average molecular weight is 201 g/mol. The van der Waals surface area contributed by atoms with E-state index in [1.165, 1.54) is 12.1 Å². The molecule has 1 aromatic carbocycles. The van der Waals surface area contributed by atoms with Crippen molar-refractivity contribution in [2.45, 2.75) is 0 Å². The highest BCUT2D eigenvalue weighted by Crippen LogP contribution is 2.17. The van der Waals surface area contributed by atoms with Gasteiger partial charge in [0.1, 0.15) is 18.2 Å². The van der Waals surface area contributed by atoms with Crippen LogP contribution in [0.3, 0.4) is 0 Å². The van der Waals surface area contributed by atoms with Crippen LogP contribution in [0.25, 0.3) is 6.08 Å². The van der Waals surface area contributed by atoms with Crippen LogP contribution < -0.4 is 4.74 Å². The molecule has 0 saturated carbocycles. The Morgan fingerprint density at radius 3 is 2.85 bits per heavy atom. The van der Waals surface area contributed by atoms with E-state index in [4.69, 9.17) is 16.3 Å². The first-order chi connectivity index (χ1) is 6.26. The molecule has 0 aliphatic carbocycles. The minimum atomic E-state index is -0.332. The van der Waals surface area contributed by atoms with E-state index >= 15 is 0 Å². The first-order valence-corrected chi connectivity index (χ1v) is 4.41. The molecular formula is C10H10ClFO. The van der Waals surface area contributed by atoms with Gasteiger partial charge < -0.3 is 4.74 Å². The van der Waals surface area contributed by atoms with Crippen LogP contribution in [0, 0.1) is 5.82 Å². The molecule has 0 aliphatic heterocycles. The Labute approximate surface area is 81.8 Å². The van der Waals surface area contributed by atoms with E-state index in [9.17, 15) is 4.39 Å². The van der Waals surface area contributed by atoms with Gasteiger partial charge in [-0.15, -0.1) is 11.6 Å². The van der Waals surface area contributed by atoms with Crippen molar-refractivity contribution in [1.29, 1.82) is 0 Å². The smallest absolute Gasteiger partial charge is 0.127 e. The second-order valence-corrected chi connectivity index (χ2v) is 2.84. The zero-order valence-corrected chi connectivity index (χ0v) is 7.85.